The Kier molecular flexibility index (Phi) is 8.34. The molecule has 0 bridgehead atoms. The van der Waals surface area contributed by atoms with Crippen molar-refractivity contribution in [3.05, 3.63) is 59.7 Å². The van der Waals surface area contributed by atoms with Crippen LogP contribution in [0, 0.1) is 0 Å². The Morgan fingerprint density at radius 2 is 1.60 bits per heavy atom. The molecule has 1 aliphatic carbocycles. The van der Waals surface area contributed by atoms with Crippen molar-refractivity contribution in [3.8, 4) is 11.1 Å². The number of carbonyl (C=O) groups excluding carboxylic acids is 2. The molecule has 3 rings (SSSR count). The molecule has 3 N–H and O–H groups in total. The van der Waals surface area contributed by atoms with Crippen molar-refractivity contribution < 1.29 is 42.1 Å². The predicted octanol–water partition coefficient (Wildman–Crippen LogP) is 3.45. The number of rotatable bonds is 10. The highest BCUT2D eigenvalue weighted by atomic mass is 19.4. The fraction of sp³-hybridized carbons (Fsp3) is 0.375. The van der Waals surface area contributed by atoms with Crippen LogP contribution < -0.4 is 10.6 Å². The first kappa shape index (κ1) is 26.0. The van der Waals surface area contributed by atoms with Gasteiger partial charge in [-0.1, -0.05) is 48.5 Å². The summed E-state index contributed by atoms with van der Waals surface area (Å²) in [5.74, 6) is -2.44. The molecule has 2 aromatic carbocycles. The molecule has 0 aromatic heterocycles. The van der Waals surface area contributed by atoms with Crippen LogP contribution in [0.5, 0.6) is 0 Å². The van der Waals surface area contributed by atoms with Crippen molar-refractivity contribution in [2.24, 2.45) is 0 Å². The minimum absolute atomic E-state index is 0.154. The Morgan fingerprint density at radius 1 is 1.03 bits per heavy atom. The van der Waals surface area contributed by atoms with Crippen LogP contribution in [0.15, 0.2) is 48.5 Å². The lowest BCUT2D eigenvalue weighted by molar-refractivity contribution is -0.156. The minimum Gasteiger partial charge on any atom is -0.479 e. The number of ether oxygens (including phenoxy) is 2. The third-order valence-corrected chi connectivity index (χ3v) is 5.74. The molecule has 2 atom stereocenters. The number of hydrogen-bond acceptors (Lipinski definition) is 5. The average Bonchev–Trinajstić information content (AvgIpc) is 3.13. The molecule has 1 unspecified atom stereocenters. The van der Waals surface area contributed by atoms with Gasteiger partial charge in [-0.05, 0) is 28.7 Å². The van der Waals surface area contributed by atoms with Crippen molar-refractivity contribution in [3.63, 3.8) is 0 Å². The first-order chi connectivity index (χ1) is 16.6. The number of carbonyl (C=O) groups is 3. The molecule has 0 fully saturated rings. The summed E-state index contributed by atoms with van der Waals surface area (Å²) < 4.78 is 50.1. The standard InChI is InChI=1S/C24H25F3N2O6/c1-34-19(22(31)32)12-28-21(30)11-10-20(24(25,26)27)29-23(33)35-13-18-16-8-4-2-6-14(16)15-7-3-5-9-17(15)18/h2-9,18-20H,10-13H2,1H3,(H,28,30)(H,29,33)(H,31,32)/t19?,20-/m0/s1. The summed E-state index contributed by atoms with van der Waals surface area (Å²) in [5, 5.41) is 12.9. The number of carboxylic acid groups (broad SMARTS) is 1. The van der Waals surface area contributed by atoms with E-state index >= 15 is 0 Å². The first-order valence-corrected chi connectivity index (χ1v) is 10.8. The summed E-state index contributed by atoms with van der Waals surface area (Å²) in [5.41, 5.74) is 3.80. The van der Waals surface area contributed by atoms with Crippen molar-refractivity contribution in [2.45, 2.75) is 37.1 Å². The fourth-order valence-electron chi connectivity index (χ4n) is 3.94. The SMILES string of the molecule is COC(CNC(=O)CC[C@H](NC(=O)OCC1c2ccccc2-c2ccccc21)C(F)(F)F)C(=O)O. The number of carboxylic acids is 1. The number of hydrogen-bond donors (Lipinski definition) is 3. The second-order valence-electron chi connectivity index (χ2n) is 7.97. The van der Waals surface area contributed by atoms with Gasteiger partial charge in [-0.2, -0.15) is 13.2 Å². The van der Waals surface area contributed by atoms with E-state index < -0.39 is 55.7 Å². The second kappa shape index (κ2) is 11.2. The van der Waals surface area contributed by atoms with Gasteiger partial charge in [0, 0.05) is 19.4 Å². The van der Waals surface area contributed by atoms with Gasteiger partial charge < -0.3 is 25.2 Å². The number of amides is 2. The summed E-state index contributed by atoms with van der Waals surface area (Å²) >= 11 is 0. The number of aliphatic carboxylic acids is 1. The predicted molar refractivity (Wildman–Crippen MR) is 119 cm³/mol. The summed E-state index contributed by atoms with van der Waals surface area (Å²) in [6.07, 6.45) is -8.73. The Hall–Kier alpha value is -3.60. The Balaban J connectivity index is 1.56. The van der Waals surface area contributed by atoms with Crippen molar-refractivity contribution in [1.82, 2.24) is 10.6 Å². The Bertz CT molecular complexity index is 1030. The zero-order chi connectivity index (χ0) is 25.6. The molecule has 11 heteroatoms. The van der Waals surface area contributed by atoms with Gasteiger partial charge in [0.25, 0.3) is 0 Å². The fourth-order valence-corrected chi connectivity index (χ4v) is 3.94. The molecule has 0 saturated heterocycles. The second-order valence-corrected chi connectivity index (χ2v) is 7.97. The maximum absolute atomic E-state index is 13.4. The van der Waals surface area contributed by atoms with Crippen molar-refractivity contribution in [1.29, 1.82) is 0 Å². The number of halogens is 3. The van der Waals surface area contributed by atoms with E-state index in [1.165, 1.54) is 0 Å². The van der Waals surface area contributed by atoms with Crippen LogP contribution in [0.25, 0.3) is 11.1 Å². The summed E-state index contributed by atoms with van der Waals surface area (Å²) in [6, 6.07) is 12.8. The molecule has 0 aliphatic heterocycles. The van der Waals surface area contributed by atoms with Crippen molar-refractivity contribution in [2.75, 3.05) is 20.3 Å². The zero-order valence-electron chi connectivity index (χ0n) is 18.8. The maximum Gasteiger partial charge on any atom is 0.408 e. The highest BCUT2D eigenvalue weighted by Crippen LogP contribution is 2.44. The van der Waals surface area contributed by atoms with E-state index in [0.717, 1.165) is 29.4 Å². The monoisotopic (exact) mass is 494 g/mol. The summed E-state index contributed by atoms with van der Waals surface area (Å²) in [4.78, 5) is 35.0. The number of methoxy groups -OCH3 is 1. The van der Waals surface area contributed by atoms with Crippen LogP contribution in [0.2, 0.25) is 0 Å². The van der Waals surface area contributed by atoms with E-state index in [2.05, 4.69) is 10.1 Å². The van der Waals surface area contributed by atoms with Crippen LogP contribution in [-0.4, -0.2) is 61.7 Å². The van der Waals surface area contributed by atoms with Gasteiger partial charge in [-0.15, -0.1) is 0 Å². The highest BCUT2D eigenvalue weighted by Gasteiger charge is 2.41. The van der Waals surface area contributed by atoms with E-state index in [1.807, 2.05) is 48.5 Å². The zero-order valence-corrected chi connectivity index (χ0v) is 18.8. The van der Waals surface area contributed by atoms with E-state index in [9.17, 15) is 27.6 Å². The lowest BCUT2D eigenvalue weighted by Crippen LogP contribution is -2.46. The maximum atomic E-state index is 13.4. The topological polar surface area (TPSA) is 114 Å². The average molecular weight is 494 g/mol. The molecule has 0 heterocycles. The summed E-state index contributed by atoms with van der Waals surface area (Å²) in [7, 11) is 1.13. The number of fused-ring (bicyclic) bond motifs is 3. The molecule has 0 saturated carbocycles. The molecular formula is C24H25F3N2O6. The molecule has 2 aromatic rings. The number of nitrogens with one attached hydrogen (secondary N) is 2. The van der Waals surface area contributed by atoms with Crippen LogP contribution in [-0.2, 0) is 19.1 Å². The van der Waals surface area contributed by atoms with E-state index in [4.69, 9.17) is 9.84 Å². The Morgan fingerprint density at radius 3 is 2.11 bits per heavy atom. The van der Waals surface area contributed by atoms with Gasteiger partial charge in [0.1, 0.15) is 12.6 Å². The van der Waals surface area contributed by atoms with Gasteiger partial charge in [0.05, 0.1) is 6.54 Å². The van der Waals surface area contributed by atoms with Gasteiger partial charge in [0.15, 0.2) is 6.10 Å². The van der Waals surface area contributed by atoms with Crippen LogP contribution in [0.1, 0.15) is 29.9 Å². The molecule has 2 amide bonds. The highest BCUT2D eigenvalue weighted by molar-refractivity contribution is 5.79. The largest absolute Gasteiger partial charge is 0.479 e. The number of alkyl carbamates (subject to hydrolysis) is 1. The van der Waals surface area contributed by atoms with Crippen LogP contribution >= 0.6 is 0 Å². The first-order valence-electron chi connectivity index (χ1n) is 10.8. The lowest BCUT2D eigenvalue weighted by atomic mass is 9.98. The van der Waals surface area contributed by atoms with Gasteiger partial charge >= 0.3 is 18.2 Å². The Labute approximate surface area is 199 Å². The van der Waals surface area contributed by atoms with E-state index in [0.29, 0.717) is 0 Å². The van der Waals surface area contributed by atoms with Crippen LogP contribution in [0.3, 0.4) is 0 Å². The minimum atomic E-state index is -4.82. The van der Waals surface area contributed by atoms with E-state index in [1.54, 1.807) is 5.32 Å². The van der Waals surface area contributed by atoms with Crippen LogP contribution in [0.4, 0.5) is 18.0 Å². The molecule has 188 valence electrons. The number of alkyl halides is 3. The quantitative estimate of drug-likeness (QED) is 0.466. The van der Waals surface area contributed by atoms with Gasteiger partial charge in [-0.25, -0.2) is 9.59 Å². The number of benzene rings is 2. The molecule has 1 aliphatic rings. The molecular weight excluding hydrogens is 469 g/mol. The third kappa shape index (κ3) is 6.50. The van der Waals surface area contributed by atoms with Crippen molar-refractivity contribution >= 4 is 18.0 Å². The molecule has 8 nitrogen and oxygen atoms in total. The molecule has 0 spiro atoms. The summed E-state index contributed by atoms with van der Waals surface area (Å²) in [6.45, 7) is -0.556. The molecule has 35 heavy (non-hydrogen) atoms. The lowest BCUT2D eigenvalue weighted by Gasteiger charge is -2.22. The smallest absolute Gasteiger partial charge is 0.408 e. The normalized spacial score (nSPS) is 14.4. The third-order valence-electron chi connectivity index (χ3n) is 5.74. The molecule has 0 radical (unpaired) electrons. The van der Waals surface area contributed by atoms with Gasteiger partial charge in [0.2, 0.25) is 5.91 Å². The van der Waals surface area contributed by atoms with E-state index in [-0.39, 0.29) is 12.5 Å². The van der Waals surface area contributed by atoms with Gasteiger partial charge in [-0.3, -0.25) is 4.79 Å².